The van der Waals surface area contributed by atoms with E-state index in [0.29, 0.717) is 16.7 Å². The average Bonchev–Trinajstić information content (AvgIpc) is 2.17. The molecule has 0 unspecified atom stereocenters. The summed E-state index contributed by atoms with van der Waals surface area (Å²) < 4.78 is 0. The zero-order valence-electron chi connectivity index (χ0n) is 8.40. The quantitative estimate of drug-likeness (QED) is 0.472. The number of hydrogen-bond donors (Lipinski definition) is 3. The van der Waals surface area contributed by atoms with E-state index < -0.39 is 7.12 Å². The van der Waals surface area contributed by atoms with Crippen LogP contribution in [-0.4, -0.2) is 23.1 Å². The molecule has 0 saturated carbocycles. The number of amides is 1. The molecule has 0 aliphatic heterocycles. The summed E-state index contributed by atoms with van der Waals surface area (Å²) in [7, 11) is -1.49. The number of anilines is 1. The van der Waals surface area contributed by atoms with Crippen molar-refractivity contribution in [3.05, 3.63) is 36.4 Å². The van der Waals surface area contributed by atoms with Crippen LogP contribution >= 0.6 is 0 Å². The topological polar surface area (TPSA) is 69.6 Å². The molecule has 0 aliphatic rings. The predicted molar refractivity (Wildman–Crippen MR) is 59.8 cm³/mol. The number of benzene rings is 1. The maximum atomic E-state index is 11.0. The van der Waals surface area contributed by atoms with Gasteiger partial charge in [0.2, 0.25) is 5.91 Å². The van der Waals surface area contributed by atoms with E-state index in [9.17, 15) is 4.79 Å². The van der Waals surface area contributed by atoms with E-state index in [1.165, 1.54) is 6.08 Å². The molecule has 1 amide bonds. The van der Waals surface area contributed by atoms with Crippen LogP contribution in [0.5, 0.6) is 0 Å². The van der Waals surface area contributed by atoms with Crippen LogP contribution in [-0.2, 0) is 4.79 Å². The Morgan fingerprint density at radius 1 is 1.53 bits per heavy atom. The lowest BCUT2D eigenvalue weighted by molar-refractivity contribution is -0.111. The molecule has 78 valence electrons. The van der Waals surface area contributed by atoms with E-state index in [-0.39, 0.29) is 5.91 Å². The molecule has 0 saturated heterocycles. The highest BCUT2D eigenvalue weighted by Gasteiger charge is 2.13. The Morgan fingerprint density at radius 2 is 2.20 bits per heavy atom. The third-order valence-corrected chi connectivity index (χ3v) is 2.00. The highest BCUT2D eigenvalue weighted by atomic mass is 16.4. The first-order chi connectivity index (χ1) is 7.04. The van der Waals surface area contributed by atoms with Gasteiger partial charge in [0.05, 0.1) is 0 Å². The molecule has 0 heterocycles. The molecule has 1 rings (SSSR count). The lowest BCUT2D eigenvalue weighted by Crippen LogP contribution is -2.32. The van der Waals surface area contributed by atoms with Crippen LogP contribution in [0.3, 0.4) is 0 Å². The molecule has 4 nitrogen and oxygen atoms in total. The maximum Gasteiger partial charge on any atom is 0.488 e. The number of rotatable bonds is 3. The van der Waals surface area contributed by atoms with E-state index in [0.717, 1.165) is 0 Å². The standard InChI is InChI=1S/C10H12BNO3/c1-3-10(13)12-8-4-5-9(11(14)15)7(2)6-8/h3-6,14-15H,1H2,2H3,(H,12,13). The van der Waals surface area contributed by atoms with Crippen LogP contribution in [0.1, 0.15) is 5.56 Å². The number of nitrogens with one attached hydrogen (secondary N) is 1. The Labute approximate surface area is 88.4 Å². The Morgan fingerprint density at radius 3 is 2.67 bits per heavy atom. The van der Waals surface area contributed by atoms with Crippen LogP contribution in [0, 0.1) is 6.92 Å². The zero-order chi connectivity index (χ0) is 11.4. The smallest absolute Gasteiger partial charge is 0.423 e. The molecule has 0 spiro atoms. The van der Waals surface area contributed by atoms with Gasteiger partial charge in [-0.1, -0.05) is 12.6 Å². The van der Waals surface area contributed by atoms with Crippen LogP contribution in [0.25, 0.3) is 0 Å². The van der Waals surface area contributed by atoms with Crippen molar-refractivity contribution in [2.45, 2.75) is 6.92 Å². The first-order valence-corrected chi connectivity index (χ1v) is 4.44. The van der Waals surface area contributed by atoms with Crippen molar-refractivity contribution in [1.82, 2.24) is 0 Å². The van der Waals surface area contributed by atoms with E-state index in [1.807, 2.05) is 0 Å². The lowest BCUT2D eigenvalue weighted by Gasteiger charge is -2.07. The molecule has 3 N–H and O–H groups in total. The Hall–Kier alpha value is -1.59. The van der Waals surface area contributed by atoms with Crippen LogP contribution in [0.15, 0.2) is 30.9 Å². The van der Waals surface area contributed by atoms with E-state index in [1.54, 1.807) is 25.1 Å². The fraction of sp³-hybridized carbons (Fsp3) is 0.100. The molecule has 0 aromatic heterocycles. The van der Waals surface area contributed by atoms with Gasteiger partial charge in [0.1, 0.15) is 0 Å². The zero-order valence-corrected chi connectivity index (χ0v) is 8.40. The van der Waals surface area contributed by atoms with Crippen LogP contribution in [0.2, 0.25) is 0 Å². The van der Waals surface area contributed by atoms with Crippen LogP contribution < -0.4 is 10.8 Å². The normalized spacial score (nSPS) is 9.53. The molecule has 15 heavy (non-hydrogen) atoms. The van der Waals surface area contributed by atoms with Gasteiger partial charge in [0.25, 0.3) is 0 Å². The molecule has 0 fully saturated rings. The molecule has 0 radical (unpaired) electrons. The highest BCUT2D eigenvalue weighted by molar-refractivity contribution is 6.59. The third-order valence-electron chi connectivity index (χ3n) is 2.00. The van der Waals surface area contributed by atoms with Gasteiger partial charge in [0.15, 0.2) is 0 Å². The van der Waals surface area contributed by atoms with Gasteiger partial charge in [-0.3, -0.25) is 4.79 Å². The van der Waals surface area contributed by atoms with Crippen molar-refractivity contribution >= 4 is 24.2 Å². The number of carbonyl (C=O) groups is 1. The lowest BCUT2D eigenvalue weighted by atomic mass is 9.77. The molecule has 5 heteroatoms. The number of carbonyl (C=O) groups excluding carboxylic acids is 1. The minimum Gasteiger partial charge on any atom is -0.423 e. The Kier molecular flexibility index (Phi) is 3.65. The van der Waals surface area contributed by atoms with Gasteiger partial charge in [-0.15, -0.1) is 0 Å². The summed E-state index contributed by atoms with van der Waals surface area (Å²) in [5.74, 6) is -0.299. The second-order valence-electron chi connectivity index (χ2n) is 3.14. The van der Waals surface area contributed by atoms with Gasteiger partial charge >= 0.3 is 7.12 Å². The van der Waals surface area contributed by atoms with Crippen molar-refractivity contribution in [2.75, 3.05) is 5.32 Å². The SMILES string of the molecule is C=CC(=O)Nc1ccc(B(O)O)c(C)c1. The molecule has 1 aromatic rings. The van der Waals surface area contributed by atoms with E-state index >= 15 is 0 Å². The summed E-state index contributed by atoms with van der Waals surface area (Å²) in [6.07, 6.45) is 1.17. The highest BCUT2D eigenvalue weighted by Crippen LogP contribution is 2.08. The monoisotopic (exact) mass is 205 g/mol. The second-order valence-corrected chi connectivity index (χ2v) is 3.14. The van der Waals surface area contributed by atoms with E-state index in [4.69, 9.17) is 10.0 Å². The van der Waals surface area contributed by atoms with Gasteiger partial charge < -0.3 is 15.4 Å². The fourth-order valence-electron chi connectivity index (χ4n) is 1.24. The summed E-state index contributed by atoms with van der Waals surface area (Å²) in [5, 5.41) is 20.5. The number of hydrogen-bond acceptors (Lipinski definition) is 3. The molecule has 0 aliphatic carbocycles. The summed E-state index contributed by atoms with van der Waals surface area (Å²) in [6, 6.07) is 4.82. The molecular weight excluding hydrogens is 193 g/mol. The average molecular weight is 205 g/mol. The first-order valence-electron chi connectivity index (χ1n) is 4.44. The summed E-state index contributed by atoms with van der Waals surface area (Å²) in [4.78, 5) is 11.0. The van der Waals surface area contributed by atoms with Gasteiger partial charge in [-0.05, 0) is 36.2 Å². The van der Waals surface area contributed by atoms with Crippen molar-refractivity contribution in [3.8, 4) is 0 Å². The minimum atomic E-state index is -1.49. The largest absolute Gasteiger partial charge is 0.488 e. The summed E-state index contributed by atoms with van der Waals surface area (Å²) in [6.45, 7) is 5.07. The van der Waals surface area contributed by atoms with Gasteiger partial charge in [-0.25, -0.2) is 0 Å². The van der Waals surface area contributed by atoms with Gasteiger partial charge in [0, 0.05) is 5.69 Å². The van der Waals surface area contributed by atoms with Crippen molar-refractivity contribution in [3.63, 3.8) is 0 Å². The molecule has 0 bridgehead atoms. The van der Waals surface area contributed by atoms with Crippen molar-refractivity contribution in [2.24, 2.45) is 0 Å². The molecular formula is C10H12BNO3. The molecule has 1 aromatic carbocycles. The summed E-state index contributed by atoms with van der Waals surface area (Å²) >= 11 is 0. The Bertz CT molecular complexity index is 390. The predicted octanol–water partition coefficient (Wildman–Crippen LogP) is -0.201. The number of aryl methyl sites for hydroxylation is 1. The van der Waals surface area contributed by atoms with Gasteiger partial charge in [-0.2, -0.15) is 0 Å². The fourth-order valence-corrected chi connectivity index (χ4v) is 1.24. The van der Waals surface area contributed by atoms with E-state index in [2.05, 4.69) is 11.9 Å². The second kappa shape index (κ2) is 4.77. The molecule has 0 atom stereocenters. The van der Waals surface area contributed by atoms with Crippen molar-refractivity contribution in [1.29, 1.82) is 0 Å². The minimum absolute atomic E-state index is 0.299. The maximum absolute atomic E-state index is 11.0. The first kappa shape index (κ1) is 11.5. The van der Waals surface area contributed by atoms with Crippen LogP contribution in [0.4, 0.5) is 5.69 Å². The third kappa shape index (κ3) is 2.94. The Balaban J connectivity index is 2.91. The summed E-state index contributed by atoms with van der Waals surface area (Å²) in [5.41, 5.74) is 1.72. The van der Waals surface area contributed by atoms with Crippen molar-refractivity contribution < 1.29 is 14.8 Å².